The smallest absolute Gasteiger partial charge is 0.306 e. The van der Waals surface area contributed by atoms with Gasteiger partial charge >= 0.3 is 6.18 Å². The van der Waals surface area contributed by atoms with Gasteiger partial charge in [0.25, 0.3) is 0 Å². The molecule has 2 nitrogen and oxygen atoms in total. The second-order valence-electron chi connectivity index (χ2n) is 3.72. The van der Waals surface area contributed by atoms with Gasteiger partial charge in [0.15, 0.2) is 0 Å². The Morgan fingerprint density at radius 1 is 1.17 bits per heavy atom. The van der Waals surface area contributed by atoms with Crippen LogP contribution in [-0.2, 0) is 19.3 Å². The highest BCUT2D eigenvalue weighted by Crippen LogP contribution is 2.28. The summed E-state index contributed by atoms with van der Waals surface area (Å²) in [7, 11) is 0. The van der Waals surface area contributed by atoms with Crippen molar-refractivity contribution in [1.29, 1.82) is 0 Å². The summed E-state index contributed by atoms with van der Waals surface area (Å²) in [5.74, 6) is 0. The largest absolute Gasteiger partial charge is 0.417 e. The molecule has 2 rings (SSSR count). The van der Waals surface area contributed by atoms with Gasteiger partial charge in [-0.15, -0.1) is 11.3 Å². The van der Waals surface area contributed by atoms with E-state index in [0.717, 1.165) is 12.3 Å². The zero-order valence-electron chi connectivity index (χ0n) is 9.37. The van der Waals surface area contributed by atoms with Crippen LogP contribution in [0.1, 0.15) is 16.1 Å². The molecule has 0 saturated heterocycles. The number of alkyl halides is 3. The molecule has 18 heavy (non-hydrogen) atoms. The molecule has 0 aliphatic carbocycles. The van der Waals surface area contributed by atoms with Gasteiger partial charge in [-0.25, -0.2) is 0 Å². The summed E-state index contributed by atoms with van der Waals surface area (Å²) in [6, 6.07) is 6.40. The number of pyridine rings is 1. The van der Waals surface area contributed by atoms with E-state index in [1.54, 1.807) is 11.3 Å². The molecule has 0 aromatic carbocycles. The van der Waals surface area contributed by atoms with Crippen molar-refractivity contribution in [3.05, 3.63) is 52.0 Å². The van der Waals surface area contributed by atoms with E-state index in [4.69, 9.17) is 0 Å². The fourth-order valence-corrected chi connectivity index (χ4v) is 2.10. The standard InChI is InChI=1S/C12H11F3N2S/c13-12(14,15)9-3-4-10(17-6-9)7-16-8-11-2-1-5-18-11/h1-6,16H,7-8H2. The quantitative estimate of drug-likeness (QED) is 0.922. The van der Waals surface area contributed by atoms with Crippen molar-refractivity contribution in [1.82, 2.24) is 10.3 Å². The monoisotopic (exact) mass is 272 g/mol. The molecular weight excluding hydrogens is 261 g/mol. The third kappa shape index (κ3) is 3.54. The minimum atomic E-state index is -4.32. The fraction of sp³-hybridized carbons (Fsp3) is 0.250. The molecule has 0 atom stereocenters. The fourth-order valence-electron chi connectivity index (χ4n) is 1.42. The van der Waals surface area contributed by atoms with Gasteiger partial charge < -0.3 is 5.32 Å². The summed E-state index contributed by atoms with van der Waals surface area (Å²) in [5.41, 5.74) is -0.121. The number of rotatable bonds is 4. The van der Waals surface area contributed by atoms with Crippen LogP contribution >= 0.6 is 11.3 Å². The van der Waals surface area contributed by atoms with Crippen LogP contribution in [0.25, 0.3) is 0 Å². The van der Waals surface area contributed by atoms with Gasteiger partial charge in [-0.3, -0.25) is 4.98 Å². The molecule has 1 N–H and O–H groups in total. The van der Waals surface area contributed by atoms with Gasteiger partial charge in [-0.1, -0.05) is 6.07 Å². The summed E-state index contributed by atoms with van der Waals surface area (Å²) in [4.78, 5) is 4.97. The molecule has 2 aromatic rings. The van der Waals surface area contributed by atoms with Crippen molar-refractivity contribution in [2.24, 2.45) is 0 Å². The first-order valence-electron chi connectivity index (χ1n) is 5.31. The molecule has 96 valence electrons. The van der Waals surface area contributed by atoms with Crippen LogP contribution in [0.2, 0.25) is 0 Å². The zero-order valence-corrected chi connectivity index (χ0v) is 10.2. The lowest BCUT2D eigenvalue weighted by Gasteiger charge is -2.07. The molecule has 6 heteroatoms. The zero-order chi connectivity index (χ0) is 13.0. The van der Waals surface area contributed by atoms with E-state index in [2.05, 4.69) is 10.3 Å². The summed E-state index contributed by atoms with van der Waals surface area (Å²) in [5, 5.41) is 5.11. The predicted molar refractivity (Wildman–Crippen MR) is 64.1 cm³/mol. The minimum absolute atomic E-state index is 0.454. The average Bonchev–Trinajstić information content (AvgIpc) is 2.82. The van der Waals surface area contributed by atoms with E-state index in [0.29, 0.717) is 18.8 Å². The van der Waals surface area contributed by atoms with Crippen LogP contribution in [0, 0.1) is 0 Å². The van der Waals surface area contributed by atoms with Crippen LogP contribution in [0.3, 0.4) is 0 Å². The van der Waals surface area contributed by atoms with E-state index >= 15 is 0 Å². The van der Waals surface area contributed by atoms with Crippen LogP contribution in [0.5, 0.6) is 0 Å². The van der Waals surface area contributed by atoms with Crippen LogP contribution < -0.4 is 5.32 Å². The molecule has 0 aliphatic heterocycles. The molecule has 0 unspecified atom stereocenters. The molecule has 0 amide bonds. The summed E-state index contributed by atoms with van der Waals surface area (Å²) in [6.45, 7) is 1.15. The summed E-state index contributed by atoms with van der Waals surface area (Å²) in [6.07, 6.45) is -3.46. The lowest BCUT2D eigenvalue weighted by atomic mass is 10.2. The second-order valence-corrected chi connectivity index (χ2v) is 4.75. The Labute approximate surface area is 106 Å². The number of aromatic nitrogens is 1. The average molecular weight is 272 g/mol. The van der Waals surface area contributed by atoms with Crippen molar-refractivity contribution in [3.8, 4) is 0 Å². The molecule has 0 spiro atoms. The van der Waals surface area contributed by atoms with E-state index in [9.17, 15) is 13.2 Å². The number of hydrogen-bond acceptors (Lipinski definition) is 3. The summed E-state index contributed by atoms with van der Waals surface area (Å²) < 4.78 is 36.9. The Hall–Kier alpha value is -1.40. The van der Waals surface area contributed by atoms with Gasteiger partial charge in [0.1, 0.15) is 0 Å². The number of hydrogen-bond donors (Lipinski definition) is 1. The van der Waals surface area contributed by atoms with Crippen LogP contribution in [-0.4, -0.2) is 4.98 Å². The first kappa shape index (κ1) is 13.0. The van der Waals surface area contributed by atoms with Gasteiger partial charge in [0, 0.05) is 24.2 Å². The molecular formula is C12H11F3N2S. The third-order valence-electron chi connectivity index (χ3n) is 2.34. The molecule has 0 saturated carbocycles. The first-order valence-corrected chi connectivity index (χ1v) is 6.19. The highest BCUT2D eigenvalue weighted by molar-refractivity contribution is 7.09. The highest BCUT2D eigenvalue weighted by atomic mass is 32.1. The maximum absolute atomic E-state index is 12.3. The number of thiophene rings is 1. The normalized spacial score (nSPS) is 11.7. The molecule has 2 aromatic heterocycles. The number of nitrogens with one attached hydrogen (secondary N) is 1. The van der Waals surface area contributed by atoms with E-state index in [-0.39, 0.29) is 0 Å². The molecule has 2 heterocycles. The van der Waals surface area contributed by atoms with E-state index in [1.165, 1.54) is 10.9 Å². The van der Waals surface area contributed by atoms with Crippen molar-refractivity contribution < 1.29 is 13.2 Å². The van der Waals surface area contributed by atoms with Gasteiger partial charge in [-0.2, -0.15) is 13.2 Å². The Bertz CT molecular complexity index is 477. The van der Waals surface area contributed by atoms with Crippen molar-refractivity contribution in [2.75, 3.05) is 0 Å². The lowest BCUT2D eigenvalue weighted by molar-refractivity contribution is -0.137. The molecule has 0 aliphatic rings. The maximum atomic E-state index is 12.3. The Morgan fingerprint density at radius 3 is 2.56 bits per heavy atom. The van der Waals surface area contributed by atoms with Gasteiger partial charge in [-0.05, 0) is 23.6 Å². The summed E-state index contributed by atoms with van der Waals surface area (Å²) >= 11 is 1.63. The predicted octanol–water partition coefficient (Wildman–Crippen LogP) is 3.45. The number of nitrogens with zero attached hydrogens (tertiary/aromatic N) is 1. The molecule has 0 bridgehead atoms. The molecule has 0 fully saturated rings. The SMILES string of the molecule is FC(F)(F)c1ccc(CNCc2cccs2)nc1. The topological polar surface area (TPSA) is 24.9 Å². The Morgan fingerprint density at radius 2 is 2.00 bits per heavy atom. The second kappa shape index (κ2) is 5.49. The lowest BCUT2D eigenvalue weighted by Crippen LogP contribution is -2.13. The van der Waals surface area contributed by atoms with E-state index in [1.807, 2.05) is 17.5 Å². The first-order chi connectivity index (χ1) is 8.55. The van der Waals surface area contributed by atoms with Crippen LogP contribution in [0.15, 0.2) is 35.8 Å². The van der Waals surface area contributed by atoms with Crippen molar-refractivity contribution in [2.45, 2.75) is 19.3 Å². The minimum Gasteiger partial charge on any atom is -0.306 e. The van der Waals surface area contributed by atoms with E-state index < -0.39 is 11.7 Å². The highest BCUT2D eigenvalue weighted by Gasteiger charge is 2.30. The third-order valence-corrected chi connectivity index (χ3v) is 3.21. The van der Waals surface area contributed by atoms with Gasteiger partial charge in [0.05, 0.1) is 11.3 Å². The molecule has 0 radical (unpaired) electrons. The van der Waals surface area contributed by atoms with Crippen molar-refractivity contribution in [3.63, 3.8) is 0 Å². The van der Waals surface area contributed by atoms with Crippen LogP contribution in [0.4, 0.5) is 13.2 Å². The number of halogens is 3. The van der Waals surface area contributed by atoms with Crippen molar-refractivity contribution >= 4 is 11.3 Å². The maximum Gasteiger partial charge on any atom is 0.417 e. The van der Waals surface area contributed by atoms with Gasteiger partial charge in [0.2, 0.25) is 0 Å². The Kier molecular flexibility index (Phi) is 3.98. The Balaban J connectivity index is 1.87.